The number of hydrogen-bond donors (Lipinski definition) is 0. The van der Waals surface area contributed by atoms with Crippen LogP contribution >= 0.6 is 11.6 Å². The first kappa shape index (κ1) is 21.1. The summed E-state index contributed by atoms with van der Waals surface area (Å²) in [7, 11) is 0. The van der Waals surface area contributed by atoms with Crippen LogP contribution in [-0.4, -0.2) is 28.5 Å². The Morgan fingerprint density at radius 2 is 1.44 bits per heavy atom. The monoisotopic (exact) mass is 430 g/mol. The maximum atomic E-state index is 14.6. The van der Waals surface area contributed by atoms with Crippen molar-refractivity contribution in [3.63, 3.8) is 0 Å². The predicted octanol–water partition coefficient (Wildman–Crippen LogP) is 5.71. The first-order chi connectivity index (χ1) is 12.1. The van der Waals surface area contributed by atoms with E-state index in [-0.39, 0.29) is 10.7 Å². The molecule has 2 aromatic rings. The summed E-state index contributed by atoms with van der Waals surface area (Å²) in [6.45, 7) is 0. The summed E-state index contributed by atoms with van der Waals surface area (Å²) in [4.78, 5) is 0. The Morgan fingerprint density at radius 3 is 1.85 bits per heavy atom. The van der Waals surface area contributed by atoms with Gasteiger partial charge < -0.3 is 4.74 Å². The molecule has 0 saturated carbocycles. The van der Waals surface area contributed by atoms with E-state index >= 15 is 0 Å². The van der Waals surface area contributed by atoms with E-state index in [4.69, 9.17) is 11.6 Å². The predicted molar refractivity (Wildman–Crippen MR) is 70.2 cm³/mol. The number of halogens is 11. The largest absolute Gasteiger partial charge is 0.573 e. The lowest BCUT2D eigenvalue weighted by molar-refractivity contribution is -0.348. The molecule has 0 atom stereocenters. The Kier molecular flexibility index (Phi) is 5.05. The molecule has 0 saturated heterocycles. The Hall–Kier alpha value is -2.18. The van der Waals surface area contributed by atoms with Crippen molar-refractivity contribution in [2.24, 2.45) is 0 Å². The number of nitrogens with zero attached hydrogens (tertiary/aromatic N) is 2. The lowest BCUT2D eigenvalue weighted by Gasteiger charge is -2.32. The Labute approximate surface area is 148 Å². The highest BCUT2D eigenvalue weighted by atomic mass is 35.5. The van der Waals surface area contributed by atoms with E-state index in [2.05, 4.69) is 9.84 Å². The first-order valence-electron chi connectivity index (χ1n) is 6.50. The number of benzene rings is 1. The van der Waals surface area contributed by atoms with E-state index in [0.29, 0.717) is 12.3 Å². The normalized spacial score (nSPS) is 13.7. The number of alkyl halides is 10. The molecule has 0 fully saturated rings. The molecule has 27 heavy (non-hydrogen) atoms. The Balaban J connectivity index is 2.96. The van der Waals surface area contributed by atoms with Crippen LogP contribution in [0.25, 0.3) is 5.69 Å². The lowest BCUT2D eigenvalue weighted by Crippen LogP contribution is -2.51. The molecule has 0 aliphatic carbocycles. The summed E-state index contributed by atoms with van der Waals surface area (Å²) in [6, 6.07) is 1.52. The Bertz CT molecular complexity index is 796. The molecule has 0 N–H and O–H groups in total. The minimum absolute atomic E-state index is 0.147. The van der Waals surface area contributed by atoms with Gasteiger partial charge in [0.05, 0.1) is 10.6 Å². The van der Waals surface area contributed by atoms with Crippen LogP contribution in [0, 0.1) is 0 Å². The summed E-state index contributed by atoms with van der Waals surface area (Å²) in [6.07, 6.45) is -17.2. The zero-order valence-corrected chi connectivity index (χ0v) is 13.1. The van der Waals surface area contributed by atoms with Crippen LogP contribution in [0.15, 0.2) is 30.6 Å². The van der Waals surface area contributed by atoms with Crippen molar-refractivity contribution in [2.75, 3.05) is 0 Å². The van der Waals surface area contributed by atoms with Gasteiger partial charge in [0.2, 0.25) is 0 Å². The third-order valence-corrected chi connectivity index (χ3v) is 3.49. The molecule has 1 aromatic carbocycles. The second-order valence-electron chi connectivity index (χ2n) is 4.92. The van der Waals surface area contributed by atoms with Gasteiger partial charge in [0.25, 0.3) is 0 Å². The summed E-state index contributed by atoms with van der Waals surface area (Å²) in [5, 5.41) is 1.83. The first-order valence-corrected chi connectivity index (χ1v) is 6.88. The van der Waals surface area contributed by atoms with Crippen molar-refractivity contribution in [2.45, 2.75) is 24.4 Å². The summed E-state index contributed by atoms with van der Waals surface area (Å²) >= 11 is 5.37. The van der Waals surface area contributed by atoms with Crippen LogP contribution in [0.5, 0.6) is 5.75 Å². The molecule has 0 bridgehead atoms. The highest BCUT2D eigenvalue weighted by molar-refractivity contribution is 6.31. The van der Waals surface area contributed by atoms with Gasteiger partial charge in [-0.2, -0.15) is 31.4 Å². The van der Waals surface area contributed by atoms with Crippen molar-refractivity contribution in [3.8, 4) is 11.4 Å². The molecule has 14 heteroatoms. The molecule has 150 valence electrons. The molecule has 1 aromatic heterocycles. The number of hydrogen-bond acceptors (Lipinski definition) is 2. The van der Waals surface area contributed by atoms with Crippen LogP contribution in [0.1, 0.15) is 5.56 Å². The van der Waals surface area contributed by atoms with Gasteiger partial charge in [0, 0.05) is 12.4 Å². The van der Waals surface area contributed by atoms with E-state index in [1.165, 1.54) is 0 Å². The average Bonchev–Trinajstić information content (AvgIpc) is 2.98. The number of aromatic nitrogens is 2. The van der Waals surface area contributed by atoms with E-state index in [0.717, 1.165) is 12.3 Å². The van der Waals surface area contributed by atoms with E-state index in [1.54, 1.807) is 0 Å². The minimum Gasteiger partial charge on any atom is -0.403 e. The van der Waals surface area contributed by atoms with E-state index < -0.39 is 46.4 Å². The molecule has 0 unspecified atom stereocenters. The molecule has 0 aliphatic rings. The average molecular weight is 431 g/mol. The van der Waals surface area contributed by atoms with Crippen molar-refractivity contribution < 1.29 is 48.6 Å². The van der Waals surface area contributed by atoms with Crippen molar-refractivity contribution in [1.29, 1.82) is 0 Å². The second-order valence-corrected chi connectivity index (χ2v) is 5.33. The van der Waals surface area contributed by atoms with Crippen LogP contribution in [0.3, 0.4) is 0 Å². The molecular weight excluding hydrogens is 426 g/mol. The molecule has 1 heterocycles. The van der Waals surface area contributed by atoms with Gasteiger partial charge in [-0.05, 0) is 18.2 Å². The standard InChI is InChI=1S/C13H5ClF10N2O/c14-6-2-3-7(27-13(22,23)24)9(26-5-1-4-25-26)8(6)10(15,11(16,17)18)12(19,20)21/h1-5H. The molecule has 2 rings (SSSR count). The minimum atomic E-state index is -6.62. The summed E-state index contributed by atoms with van der Waals surface area (Å²) in [5.74, 6) is -1.57. The van der Waals surface area contributed by atoms with E-state index in [9.17, 15) is 43.9 Å². The van der Waals surface area contributed by atoms with Gasteiger partial charge in [-0.1, -0.05) is 11.6 Å². The highest BCUT2D eigenvalue weighted by Gasteiger charge is 2.75. The number of ether oxygens (including phenoxy) is 1. The maximum absolute atomic E-state index is 14.6. The highest BCUT2D eigenvalue weighted by Crippen LogP contribution is 2.57. The van der Waals surface area contributed by atoms with Crippen LogP contribution in [0.4, 0.5) is 43.9 Å². The maximum Gasteiger partial charge on any atom is 0.573 e. The zero-order chi connectivity index (χ0) is 20.8. The SMILES string of the molecule is FC(F)(F)Oc1ccc(Cl)c(C(F)(C(F)(F)F)C(F)(F)F)c1-n1cccn1. The fourth-order valence-corrected chi connectivity index (χ4v) is 2.44. The van der Waals surface area contributed by atoms with E-state index in [1.807, 2.05) is 0 Å². The van der Waals surface area contributed by atoms with Crippen LogP contribution in [0.2, 0.25) is 5.02 Å². The molecular formula is C13H5ClF10N2O. The quantitative estimate of drug-likeness (QED) is 0.583. The molecule has 0 amide bonds. The van der Waals surface area contributed by atoms with Gasteiger partial charge in [-0.3, -0.25) is 0 Å². The lowest BCUT2D eigenvalue weighted by atomic mass is 9.92. The van der Waals surface area contributed by atoms with Crippen LogP contribution in [-0.2, 0) is 5.67 Å². The third-order valence-electron chi connectivity index (χ3n) is 3.17. The summed E-state index contributed by atoms with van der Waals surface area (Å²) in [5.41, 5.74) is -10.1. The smallest absolute Gasteiger partial charge is 0.403 e. The summed E-state index contributed by atoms with van der Waals surface area (Å²) < 4.78 is 134. The zero-order valence-electron chi connectivity index (χ0n) is 12.3. The Morgan fingerprint density at radius 1 is 0.889 bits per heavy atom. The van der Waals surface area contributed by atoms with Crippen molar-refractivity contribution in [3.05, 3.63) is 41.2 Å². The van der Waals surface area contributed by atoms with Crippen molar-refractivity contribution in [1.82, 2.24) is 9.78 Å². The van der Waals surface area contributed by atoms with Gasteiger partial charge in [0.1, 0.15) is 5.69 Å². The molecule has 0 radical (unpaired) electrons. The van der Waals surface area contributed by atoms with Crippen molar-refractivity contribution >= 4 is 11.6 Å². The number of rotatable bonds is 3. The van der Waals surface area contributed by atoms with Gasteiger partial charge in [-0.25, -0.2) is 9.07 Å². The fourth-order valence-electron chi connectivity index (χ4n) is 2.15. The third kappa shape index (κ3) is 3.77. The fraction of sp³-hybridized carbons (Fsp3) is 0.308. The second kappa shape index (κ2) is 6.46. The topological polar surface area (TPSA) is 27.1 Å². The van der Waals surface area contributed by atoms with Gasteiger partial charge in [0.15, 0.2) is 5.75 Å². The molecule has 0 spiro atoms. The molecule has 0 aliphatic heterocycles. The molecule has 3 nitrogen and oxygen atoms in total. The van der Waals surface area contributed by atoms with Gasteiger partial charge >= 0.3 is 24.4 Å². The van der Waals surface area contributed by atoms with Crippen LogP contribution < -0.4 is 4.74 Å². The van der Waals surface area contributed by atoms with Gasteiger partial charge in [-0.15, -0.1) is 13.2 Å².